The molecule has 0 saturated heterocycles. The first kappa shape index (κ1) is 11.2. The Hall–Kier alpha value is -1.31. The molecule has 1 amide bonds. The van der Waals surface area contributed by atoms with E-state index in [-0.39, 0.29) is 11.3 Å². The van der Waals surface area contributed by atoms with Crippen LogP contribution in [0.2, 0.25) is 0 Å². The fourth-order valence-corrected chi connectivity index (χ4v) is 2.86. The molecule has 1 aromatic carbocycles. The fraction of sp³-hybridized carbons (Fsp3) is 0.500. The van der Waals surface area contributed by atoms with Crippen molar-refractivity contribution in [3.63, 3.8) is 0 Å². The van der Waals surface area contributed by atoms with Gasteiger partial charge in [-0.15, -0.1) is 0 Å². The van der Waals surface area contributed by atoms with E-state index < -0.39 is 0 Å². The standard InChI is InChI=1S/C14H19NO/c1-11-4-6-12(7-5-11)14(10-13(15)16)8-2-3-9-14/h4-7H,2-3,8-10H2,1H3,(H2,15,16). The van der Waals surface area contributed by atoms with Gasteiger partial charge in [0.05, 0.1) is 0 Å². The Labute approximate surface area is 96.8 Å². The van der Waals surface area contributed by atoms with Crippen LogP contribution in [0, 0.1) is 6.92 Å². The van der Waals surface area contributed by atoms with Crippen molar-refractivity contribution in [3.05, 3.63) is 35.4 Å². The molecule has 0 unspecified atom stereocenters. The average molecular weight is 217 g/mol. The monoisotopic (exact) mass is 217 g/mol. The molecule has 1 aromatic rings. The zero-order chi connectivity index (χ0) is 11.6. The SMILES string of the molecule is Cc1ccc(C2(CC(N)=O)CCCC2)cc1. The van der Waals surface area contributed by atoms with E-state index in [2.05, 4.69) is 31.2 Å². The highest BCUT2D eigenvalue weighted by molar-refractivity contribution is 5.75. The van der Waals surface area contributed by atoms with Crippen molar-refractivity contribution in [3.8, 4) is 0 Å². The molecule has 2 heteroatoms. The lowest BCUT2D eigenvalue weighted by Crippen LogP contribution is -2.29. The van der Waals surface area contributed by atoms with Gasteiger partial charge >= 0.3 is 0 Å². The molecule has 0 radical (unpaired) electrons. The summed E-state index contributed by atoms with van der Waals surface area (Å²) in [7, 11) is 0. The van der Waals surface area contributed by atoms with E-state index in [0.29, 0.717) is 6.42 Å². The summed E-state index contributed by atoms with van der Waals surface area (Å²) in [4.78, 5) is 11.2. The molecule has 86 valence electrons. The molecule has 16 heavy (non-hydrogen) atoms. The van der Waals surface area contributed by atoms with E-state index in [4.69, 9.17) is 5.73 Å². The molecular formula is C14H19NO. The minimum absolute atomic E-state index is 0.0273. The molecule has 1 fully saturated rings. The zero-order valence-corrected chi connectivity index (χ0v) is 9.83. The van der Waals surface area contributed by atoms with Crippen LogP contribution in [0.25, 0.3) is 0 Å². The van der Waals surface area contributed by atoms with Gasteiger partial charge in [0.2, 0.25) is 5.91 Å². The van der Waals surface area contributed by atoms with Crippen molar-refractivity contribution >= 4 is 5.91 Å². The molecule has 1 aliphatic rings. The summed E-state index contributed by atoms with van der Waals surface area (Å²) in [5.41, 5.74) is 7.96. The molecule has 1 aliphatic carbocycles. The predicted octanol–water partition coefficient (Wildman–Crippen LogP) is 2.68. The van der Waals surface area contributed by atoms with Crippen molar-refractivity contribution in [2.75, 3.05) is 0 Å². The minimum atomic E-state index is -0.178. The van der Waals surface area contributed by atoms with E-state index in [1.165, 1.54) is 24.0 Å². The van der Waals surface area contributed by atoms with Crippen molar-refractivity contribution in [1.82, 2.24) is 0 Å². The van der Waals surface area contributed by atoms with E-state index in [1.807, 2.05) is 0 Å². The van der Waals surface area contributed by atoms with Gasteiger partial charge in [-0.05, 0) is 25.3 Å². The quantitative estimate of drug-likeness (QED) is 0.831. The fourth-order valence-electron chi connectivity index (χ4n) is 2.86. The first-order valence-electron chi connectivity index (χ1n) is 5.98. The van der Waals surface area contributed by atoms with E-state index >= 15 is 0 Å². The molecule has 1 saturated carbocycles. The first-order chi connectivity index (χ1) is 7.62. The minimum Gasteiger partial charge on any atom is -0.370 e. The largest absolute Gasteiger partial charge is 0.370 e. The molecule has 0 heterocycles. The van der Waals surface area contributed by atoms with Crippen LogP contribution in [0.4, 0.5) is 0 Å². The van der Waals surface area contributed by atoms with Crippen LogP contribution in [-0.2, 0) is 10.2 Å². The maximum Gasteiger partial charge on any atom is 0.218 e. The van der Waals surface area contributed by atoms with Crippen LogP contribution < -0.4 is 5.73 Å². The Kier molecular flexibility index (Phi) is 2.99. The Balaban J connectivity index is 2.31. The number of carbonyl (C=O) groups is 1. The van der Waals surface area contributed by atoms with Gasteiger partial charge in [0.1, 0.15) is 0 Å². The molecule has 2 rings (SSSR count). The summed E-state index contributed by atoms with van der Waals surface area (Å²) in [6.07, 6.45) is 5.11. The summed E-state index contributed by atoms with van der Waals surface area (Å²) >= 11 is 0. The van der Waals surface area contributed by atoms with Crippen LogP contribution in [0.3, 0.4) is 0 Å². The number of benzene rings is 1. The third-order valence-electron chi connectivity index (χ3n) is 3.74. The molecular weight excluding hydrogens is 198 g/mol. The molecule has 0 bridgehead atoms. The molecule has 0 aliphatic heterocycles. The van der Waals surface area contributed by atoms with Crippen LogP contribution in [0.1, 0.15) is 43.2 Å². The first-order valence-corrected chi connectivity index (χ1v) is 5.98. The summed E-state index contributed by atoms with van der Waals surface area (Å²) in [5.74, 6) is -0.178. The zero-order valence-electron chi connectivity index (χ0n) is 9.83. The van der Waals surface area contributed by atoms with Crippen LogP contribution in [0.15, 0.2) is 24.3 Å². The molecule has 0 aromatic heterocycles. The molecule has 2 nitrogen and oxygen atoms in total. The van der Waals surface area contributed by atoms with Gasteiger partial charge in [-0.25, -0.2) is 0 Å². The average Bonchev–Trinajstić information content (AvgIpc) is 2.67. The van der Waals surface area contributed by atoms with Crippen LogP contribution >= 0.6 is 0 Å². The highest BCUT2D eigenvalue weighted by atomic mass is 16.1. The van der Waals surface area contributed by atoms with E-state index in [0.717, 1.165) is 12.8 Å². The topological polar surface area (TPSA) is 43.1 Å². The van der Waals surface area contributed by atoms with E-state index in [1.54, 1.807) is 0 Å². The van der Waals surface area contributed by atoms with Gasteiger partial charge in [0, 0.05) is 11.8 Å². The van der Waals surface area contributed by atoms with Gasteiger partial charge in [0.25, 0.3) is 0 Å². The number of primary amides is 1. The van der Waals surface area contributed by atoms with Gasteiger partial charge in [0.15, 0.2) is 0 Å². The van der Waals surface area contributed by atoms with Gasteiger partial charge < -0.3 is 5.73 Å². The van der Waals surface area contributed by atoms with Gasteiger partial charge in [-0.1, -0.05) is 42.7 Å². The predicted molar refractivity (Wildman–Crippen MR) is 65.1 cm³/mol. The smallest absolute Gasteiger partial charge is 0.218 e. The number of carbonyl (C=O) groups excluding carboxylic acids is 1. The number of aryl methyl sites for hydroxylation is 1. The Morgan fingerprint density at radius 1 is 1.25 bits per heavy atom. The van der Waals surface area contributed by atoms with Crippen LogP contribution in [-0.4, -0.2) is 5.91 Å². The summed E-state index contributed by atoms with van der Waals surface area (Å²) in [6, 6.07) is 8.56. The highest BCUT2D eigenvalue weighted by Gasteiger charge is 2.36. The van der Waals surface area contributed by atoms with Gasteiger partial charge in [-0.2, -0.15) is 0 Å². The Bertz CT molecular complexity index is 374. The van der Waals surface area contributed by atoms with Crippen molar-refractivity contribution in [1.29, 1.82) is 0 Å². The number of hydrogen-bond donors (Lipinski definition) is 1. The third kappa shape index (κ3) is 2.11. The van der Waals surface area contributed by atoms with Crippen LogP contribution in [0.5, 0.6) is 0 Å². The maximum atomic E-state index is 11.2. The summed E-state index contributed by atoms with van der Waals surface area (Å²) in [5, 5.41) is 0. The third-order valence-corrected chi connectivity index (χ3v) is 3.74. The second-order valence-electron chi connectivity index (χ2n) is 5.00. The number of hydrogen-bond acceptors (Lipinski definition) is 1. The lowest BCUT2D eigenvalue weighted by atomic mass is 9.76. The maximum absolute atomic E-state index is 11.2. The summed E-state index contributed by atoms with van der Waals surface area (Å²) < 4.78 is 0. The second-order valence-corrected chi connectivity index (χ2v) is 5.00. The lowest BCUT2D eigenvalue weighted by molar-refractivity contribution is -0.119. The lowest BCUT2D eigenvalue weighted by Gasteiger charge is -2.28. The summed E-state index contributed by atoms with van der Waals surface area (Å²) in [6.45, 7) is 2.08. The number of amides is 1. The molecule has 0 spiro atoms. The molecule has 2 N–H and O–H groups in total. The Morgan fingerprint density at radius 2 is 1.81 bits per heavy atom. The van der Waals surface area contributed by atoms with Crippen molar-refractivity contribution in [2.45, 2.75) is 44.4 Å². The second kappa shape index (κ2) is 4.28. The number of nitrogens with two attached hydrogens (primary N) is 1. The van der Waals surface area contributed by atoms with Crippen molar-refractivity contribution < 1.29 is 4.79 Å². The highest BCUT2D eigenvalue weighted by Crippen LogP contribution is 2.43. The molecule has 0 atom stereocenters. The van der Waals surface area contributed by atoms with Gasteiger partial charge in [-0.3, -0.25) is 4.79 Å². The normalized spacial score (nSPS) is 18.6. The Morgan fingerprint density at radius 3 is 2.31 bits per heavy atom. The van der Waals surface area contributed by atoms with E-state index in [9.17, 15) is 4.79 Å². The number of rotatable bonds is 3. The van der Waals surface area contributed by atoms with Crippen molar-refractivity contribution in [2.24, 2.45) is 5.73 Å².